The summed E-state index contributed by atoms with van der Waals surface area (Å²) in [6.07, 6.45) is 3.39. The van der Waals surface area contributed by atoms with Gasteiger partial charge in [0.15, 0.2) is 5.60 Å². The molecule has 3 rings (SSSR count). The van der Waals surface area contributed by atoms with Crippen molar-refractivity contribution in [2.45, 2.75) is 49.5 Å². The number of aliphatic carboxylic acids is 1. The SMILES string of the molecule is O=C(O)C1(O)CCN(C(=O)C2(c3ccc(F)cc3)CCCC2)CC1. The lowest BCUT2D eigenvalue weighted by atomic mass is 9.76. The highest BCUT2D eigenvalue weighted by Gasteiger charge is 2.48. The molecule has 0 aromatic heterocycles. The Morgan fingerprint density at radius 3 is 2.04 bits per heavy atom. The third-order valence-electron chi connectivity index (χ3n) is 5.54. The van der Waals surface area contributed by atoms with Gasteiger partial charge in [0.2, 0.25) is 5.91 Å². The van der Waals surface area contributed by atoms with Gasteiger partial charge in [0.05, 0.1) is 5.41 Å². The van der Waals surface area contributed by atoms with Crippen molar-refractivity contribution in [2.24, 2.45) is 0 Å². The summed E-state index contributed by atoms with van der Waals surface area (Å²) in [6.45, 7) is 0.454. The molecular weight excluding hydrogens is 313 g/mol. The lowest BCUT2D eigenvalue weighted by Crippen LogP contribution is -2.54. The first-order valence-corrected chi connectivity index (χ1v) is 8.39. The Kier molecular flexibility index (Phi) is 4.34. The number of carbonyl (C=O) groups excluding carboxylic acids is 1. The molecule has 1 aromatic carbocycles. The molecule has 5 nitrogen and oxygen atoms in total. The van der Waals surface area contributed by atoms with Gasteiger partial charge in [-0.05, 0) is 30.5 Å². The van der Waals surface area contributed by atoms with Crippen LogP contribution in [-0.4, -0.2) is 45.7 Å². The number of benzene rings is 1. The number of nitrogens with zero attached hydrogens (tertiary/aromatic N) is 1. The number of aliphatic hydroxyl groups is 1. The van der Waals surface area contributed by atoms with Crippen LogP contribution in [-0.2, 0) is 15.0 Å². The smallest absolute Gasteiger partial charge is 0.335 e. The van der Waals surface area contributed by atoms with Gasteiger partial charge in [0.25, 0.3) is 0 Å². The number of carboxylic acid groups (broad SMARTS) is 1. The van der Waals surface area contributed by atoms with Gasteiger partial charge in [0, 0.05) is 25.9 Å². The fourth-order valence-corrected chi connectivity index (χ4v) is 3.97. The van der Waals surface area contributed by atoms with Gasteiger partial charge < -0.3 is 15.1 Å². The standard InChI is InChI=1S/C18H22FNO4/c19-14-5-3-13(4-6-14)17(7-1-2-8-17)15(21)20-11-9-18(24,10-12-20)16(22)23/h3-6,24H,1-2,7-12H2,(H,22,23). The number of piperidine rings is 1. The molecule has 0 radical (unpaired) electrons. The number of likely N-dealkylation sites (tertiary alicyclic amines) is 1. The average molecular weight is 335 g/mol. The summed E-state index contributed by atoms with van der Waals surface area (Å²) >= 11 is 0. The Morgan fingerprint density at radius 1 is 1.00 bits per heavy atom. The minimum absolute atomic E-state index is 0.0287. The quantitative estimate of drug-likeness (QED) is 0.886. The first kappa shape index (κ1) is 16.9. The van der Waals surface area contributed by atoms with E-state index in [0.717, 1.165) is 31.2 Å². The molecule has 24 heavy (non-hydrogen) atoms. The highest BCUT2D eigenvalue weighted by Crippen LogP contribution is 2.43. The van der Waals surface area contributed by atoms with Crippen LogP contribution in [0.2, 0.25) is 0 Å². The van der Waals surface area contributed by atoms with Crippen LogP contribution in [0.25, 0.3) is 0 Å². The normalized spacial score (nSPS) is 22.3. The average Bonchev–Trinajstić information content (AvgIpc) is 3.06. The maximum absolute atomic E-state index is 13.2. The molecule has 1 heterocycles. The zero-order valence-electron chi connectivity index (χ0n) is 13.5. The van der Waals surface area contributed by atoms with Gasteiger partial charge in [-0.2, -0.15) is 0 Å². The van der Waals surface area contributed by atoms with E-state index in [1.807, 2.05) is 0 Å². The molecule has 1 saturated heterocycles. The maximum atomic E-state index is 13.2. The van der Waals surface area contributed by atoms with E-state index < -0.39 is 17.0 Å². The maximum Gasteiger partial charge on any atom is 0.335 e. The minimum atomic E-state index is -1.74. The molecule has 1 aliphatic carbocycles. The van der Waals surface area contributed by atoms with Gasteiger partial charge in [-0.3, -0.25) is 4.79 Å². The number of carboxylic acids is 1. The Labute approximate surface area is 140 Å². The second kappa shape index (κ2) is 6.16. The van der Waals surface area contributed by atoms with Crippen LogP contribution in [0.15, 0.2) is 24.3 Å². The highest BCUT2D eigenvalue weighted by atomic mass is 19.1. The van der Waals surface area contributed by atoms with Crippen molar-refractivity contribution in [1.82, 2.24) is 4.90 Å². The molecule has 0 spiro atoms. The fourth-order valence-electron chi connectivity index (χ4n) is 3.97. The Hall–Kier alpha value is -1.95. The molecule has 0 unspecified atom stereocenters. The van der Waals surface area contributed by atoms with Gasteiger partial charge in [-0.15, -0.1) is 0 Å². The number of hydrogen-bond donors (Lipinski definition) is 2. The molecule has 0 atom stereocenters. The summed E-state index contributed by atoms with van der Waals surface area (Å²) in [4.78, 5) is 26.0. The number of carbonyl (C=O) groups is 2. The van der Waals surface area contributed by atoms with Gasteiger partial charge in [-0.25, -0.2) is 9.18 Å². The van der Waals surface area contributed by atoms with Gasteiger partial charge >= 0.3 is 5.97 Å². The topological polar surface area (TPSA) is 77.8 Å². The van der Waals surface area contributed by atoms with Crippen molar-refractivity contribution in [3.05, 3.63) is 35.6 Å². The third kappa shape index (κ3) is 2.79. The summed E-state index contributed by atoms with van der Waals surface area (Å²) < 4.78 is 13.2. The molecule has 0 bridgehead atoms. The molecule has 130 valence electrons. The molecule has 1 saturated carbocycles. The summed E-state index contributed by atoms with van der Waals surface area (Å²) in [7, 11) is 0. The van der Waals surface area contributed by atoms with Crippen LogP contribution in [0.5, 0.6) is 0 Å². The first-order valence-electron chi connectivity index (χ1n) is 8.39. The second-order valence-corrected chi connectivity index (χ2v) is 6.93. The fraction of sp³-hybridized carbons (Fsp3) is 0.556. The number of halogens is 1. The molecule has 2 aliphatic rings. The predicted molar refractivity (Wildman–Crippen MR) is 84.9 cm³/mol. The van der Waals surface area contributed by atoms with Crippen molar-refractivity contribution in [3.63, 3.8) is 0 Å². The summed E-state index contributed by atoms with van der Waals surface area (Å²) in [5.41, 5.74) is -1.56. The highest BCUT2D eigenvalue weighted by molar-refractivity contribution is 5.89. The van der Waals surface area contributed by atoms with Crippen molar-refractivity contribution in [3.8, 4) is 0 Å². The first-order chi connectivity index (χ1) is 11.4. The monoisotopic (exact) mass is 335 g/mol. The van der Waals surface area contributed by atoms with Crippen LogP contribution in [0.3, 0.4) is 0 Å². The van der Waals surface area contributed by atoms with Gasteiger partial charge in [-0.1, -0.05) is 25.0 Å². The molecule has 6 heteroatoms. The van der Waals surface area contributed by atoms with E-state index in [9.17, 15) is 19.1 Å². The Balaban J connectivity index is 1.81. The number of hydrogen-bond acceptors (Lipinski definition) is 3. The van der Waals surface area contributed by atoms with Crippen LogP contribution in [0.1, 0.15) is 44.1 Å². The van der Waals surface area contributed by atoms with Crippen LogP contribution < -0.4 is 0 Å². The lowest BCUT2D eigenvalue weighted by Gasteiger charge is -2.40. The summed E-state index contributed by atoms with van der Waals surface area (Å²) in [5.74, 6) is -1.59. The van der Waals surface area contributed by atoms with Crippen LogP contribution in [0.4, 0.5) is 4.39 Å². The van der Waals surface area contributed by atoms with E-state index in [4.69, 9.17) is 5.11 Å². The van der Waals surface area contributed by atoms with E-state index in [0.29, 0.717) is 0 Å². The van der Waals surface area contributed by atoms with Crippen molar-refractivity contribution >= 4 is 11.9 Å². The Morgan fingerprint density at radius 2 is 1.54 bits per heavy atom. The zero-order valence-corrected chi connectivity index (χ0v) is 13.5. The van der Waals surface area contributed by atoms with Crippen molar-refractivity contribution in [2.75, 3.05) is 13.1 Å². The van der Waals surface area contributed by atoms with Crippen LogP contribution >= 0.6 is 0 Å². The molecule has 1 amide bonds. The summed E-state index contributed by atoms with van der Waals surface area (Å²) in [5, 5.41) is 19.1. The molecule has 2 fully saturated rings. The molecule has 1 aliphatic heterocycles. The largest absolute Gasteiger partial charge is 0.479 e. The van der Waals surface area contributed by atoms with Gasteiger partial charge in [0.1, 0.15) is 5.82 Å². The number of amides is 1. The van der Waals surface area contributed by atoms with E-state index in [1.54, 1.807) is 17.0 Å². The van der Waals surface area contributed by atoms with Crippen molar-refractivity contribution < 1.29 is 24.2 Å². The van der Waals surface area contributed by atoms with Crippen molar-refractivity contribution in [1.29, 1.82) is 0 Å². The van der Waals surface area contributed by atoms with E-state index >= 15 is 0 Å². The van der Waals surface area contributed by atoms with E-state index in [1.165, 1.54) is 12.1 Å². The molecule has 2 N–H and O–H groups in total. The van der Waals surface area contributed by atoms with E-state index in [2.05, 4.69) is 0 Å². The lowest BCUT2D eigenvalue weighted by molar-refractivity contribution is -0.166. The van der Waals surface area contributed by atoms with E-state index in [-0.39, 0.29) is 37.7 Å². The minimum Gasteiger partial charge on any atom is -0.479 e. The molecule has 1 aromatic rings. The summed E-state index contributed by atoms with van der Waals surface area (Å²) in [6, 6.07) is 6.11. The second-order valence-electron chi connectivity index (χ2n) is 6.93. The van der Waals surface area contributed by atoms with Crippen LogP contribution in [0, 0.1) is 5.82 Å². The Bertz CT molecular complexity index is 629. The molecular formula is C18H22FNO4. The number of rotatable bonds is 3. The predicted octanol–water partition coefficient (Wildman–Crippen LogP) is 2.08. The zero-order chi connectivity index (χ0) is 17.4. The third-order valence-corrected chi connectivity index (χ3v) is 5.54.